The van der Waals surface area contributed by atoms with Gasteiger partial charge in [0, 0.05) is 0 Å². The Morgan fingerprint density at radius 1 is 0.700 bits per heavy atom. The topological polar surface area (TPSA) is 26.3 Å². The van der Waals surface area contributed by atoms with E-state index in [1.54, 1.807) is 0 Å². The molecule has 1 atom stereocenters. The summed E-state index contributed by atoms with van der Waals surface area (Å²) in [6.07, 6.45) is 37.8. The van der Waals surface area contributed by atoms with Gasteiger partial charge in [-0.1, -0.05) is 111 Å². The second kappa shape index (κ2) is 15.8. The molecule has 0 aromatic rings. The van der Waals surface area contributed by atoms with Crippen molar-refractivity contribution in [2.24, 2.45) is 34.5 Å². The molecular formula is C38H68O2. The SMILES string of the molecule is CCCCCC1CCC(C2(CC(C)C3(C4CCC(CCCCC)(OC=O)CC4)CCCCC3)CCCCC2)CC1. The molecule has 40 heavy (non-hydrogen) atoms. The first-order valence-electron chi connectivity index (χ1n) is 18.6. The Labute approximate surface area is 249 Å². The van der Waals surface area contributed by atoms with Crippen molar-refractivity contribution >= 4 is 6.47 Å². The van der Waals surface area contributed by atoms with Crippen LogP contribution in [0.1, 0.15) is 194 Å². The molecule has 0 aromatic heterocycles. The van der Waals surface area contributed by atoms with Crippen LogP contribution in [-0.2, 0) is 9.53 Å². The van der Waals surface area contributed by atoms with Crippen LogP contribution < -0.4 is 0 Å². The highest BCUT2D eigenvalue weighted by Gasteiger charge is 2.51. The first-order chi connectivity index (χ1) is 19.5. The van der Waals surface area contributed by atoms with Gasteiger partial charge in [0.25, 0.3) is 6.47 Å². The summed E-state index contributed by atoms with van der Waals surface area (Å²) in [6.45, 7) is 8.12. The minimum atomic E-state index is -0.160. The monoisotopic (exact) mass is 557 g/mol. The van der Waals surface area contributed by atoms with Crippen LogP contribution in [-0.4, -0.2) is 12.1 Å². The first-order valence-corrected chi connectivity index (χ1v) is 18.6. The Kier molecular flexibility index (Phi) is 12.8. The van der Waals surface area contributed by atoms with Gasteiger partial charge >= 0.3 is 0 Å². The van der Waals surface area contributed by atoms with Crippen LogP contribution in [0.2, 0.25) is 0 Å². The molecule has 232 valence electrons. The molecule has 0 heterocycles. The van der Waals surface area contributed by atoms with Gasteiger partial charge in [-0.2, -0.15) is 0 Å². The molecule has 4 aliphatic carbocycles. The summed E-state index contributed by atoms with van der Waals surface area (Å²) in [5.41, 5.74) is 1.01. The number of carbonyl (C=O) groups is 1. The van der Waals surface area contributed by atoms with E-state index < -0.39 is 0 Å². The highest BCUT2D eigenvalue weighted by Crippen LogP contribution is 2.60. The zero-order chi connectivity index (χ0) is 28.3. The second-order valence-electron chi connectivity index (χ2n) is 15.7. The average Bonchev–Trinajstić information content (AvgIpc) is 2.99. The van der Waals surface area contributed by atoms with E-state index in [9.17, 15) is 4.79 Å². The van der Waals surface area contributed by atoms with Crippen molar-refractivity contribution in [2.45, 2.75) is 200 Å². The van der Waals surface area contributed by atoms with Crippen LogP contribution in [0, 0.1) is 34.5 Å². The van der Waals surface area contributed by atoms with Crippen molar-refractivity contribution in [3.05, 3.63) is 0 Å². The molecule has 2 heteroatoms. The Morgan fingerprint density at radius 3 is 1.90 bits per heavy atom. The van der Waals surface area contributed by atoms with Crippen molar-refractivity contribution in [1.29, 1.82) is 0 Å². The predicted octanol–water partition coefficient (Wildman–Crippen LogP) is 12.0. The summed E-state index contributed by atoms with van der Waals surface area (Å²) in [7, 11) is 0. The van der Waals surface area contributed by atoms with Gasteiger partial charge in [0.15, 0.2) is 0 Å². The quantitative estimate of drug-likeness (QED) is 0.148. The van der Waals surface area contributed by atoms with Gasteiger partial charge in [0.2, 0.25) is 0 Å². The van der Waals surface area contributed by atoms with Crippen LogP contribution in [0.3, 0.4) is 0 Å². The van der Waals surface area contributed by atoms with Gasteiger partial charge in [0.1, 0.15) is 5.60 Å². The van der Waals surface area contributed by atoms with E-state index >= 15 is 0 Å². The van der Waals surface area contributed by atoms with Crippen LogP contribution in [0.15, 0.2) is 0 Å². The van der Waals surface area contributed by atoms with Gasteiger partial charge in [-0.25, -0.2) is 0 Å². The molecule has 4 fully saturated rings. The van der Waals surface area contributed by atoms with Crippen molar-refractivity contribution < 1.29 is 9.53 Å². The normalized spacial score (nSPS) is 33.2. The molecule has 4 aliphatic rings. The molecule has 0 spiro atoms. The van der Waals surface area contributed by atoms with Crippen LogP contribution in [0.25, 0.3) is 0 Å². The van der Waals surface area contributed by atoms with Crippen LogP contribution in [0.5, 0.6) is 0 Å². The summed E-state index contributed by atoms with van der Waals surface area (Å²) in [4.78, 5) is 11.5. The fourth-order valence-corrected chi connectivity index (χ4v) is 11.1. The van der Waals surface area contributed by atoms with E-state index in [4.69, 9.17) is 4.74 Å². The molecule has 0 amide bonds. The number of ether oxygens (including phenoxy) is 1. The summed E-state index contributed by atoms with van der Waals surface area (Å²) in [5.74, 6) is 3.71. The number of unbranched alkanes of at least 4 members (excludes halogenated alkanes) is 4. The van der Waals surface area contributed by atoms with E-state index in [0.717, 1.165) is 49.4 Å². The maximum Gasteiger partial charge on any atom is 0.293 e. The van der Waals surface area contributed by atoms with Crippen LogP contribution in [0.4, 0.5) is 0 Å². The Morgan fingerprint density at radius 2 is 1.30 bits per heavy atom. The standard InChI is InChI=1S/C38H68O2/c1-4-6-10-16-33-17-19-34(20-18-33)36(23-12-8-13-24-36)30-32(3)38(26-14-9-15-27-38)35-21-28-37(29-22-35,40-31-39)25-11-7-5-2/h31-35H,4-30H2,1-3H3. The lowest BCUT2D eigenvalue weighted by Gasteiger charge is -2.55. The highest BCUT2D eigenvalue weighted by atomic mass is 16.5. The van der Waals surface area contributed by atoms with Crippen molar-refractivity contribution in [1.82, 2.24) is 0 Å². The zero-order valence-electron chi connectivity index (χ0n) is 27.3. The maximum absolute atomic E-state index is 11.5. The van der Waals surface area contributed by atoms with Crippen molar-refractivity contribution in [3.63, 3.8) is 0 Å². The Balaban J connectivity index is 1.44. The van der Waals surface area contributed by atoms with Gasteiger partial charge in [-0.05, 0) is 118 Å². The lowest BCUT2D eigenvalue weighted by Crippen LogP contribution is -2.47. The van der Waals surface area contributed by atoms with E-state index in [1.807, 2.05) is 0 Å². The minimum Gasteiger partial charge on any atom is -0.461 e. The van der Waals surface area contributed by atoms with Gasteiger partial charge in [0.05, 0.1) is 0 Å². The zero-order valence-corrected chi connectivity index (χ0v) is 27.3. The summed E-state index contributed by atoms with van der Waals surface area (Å²) in [6, 6.07) is 0. The first kappa shape index (κ1) is 32.4. The van der Waals surface area contributed by atoms with Gasteiger partial charge in [-0.15, -0.1) is 0 Å². The Bertz CT molecular complexity index is 699. The third kappa shape index (κ3) is 7.89. The fraction of sp³-hybridized carbons (Fsp3) is 0.974. The third-order valence-electron chi connectivity index (χ3n) is 13.5. The molecule has 0 bridgehead atoms. The Hall–Kier alpha value is -0.530. The number of hydrogen-bond acceptors (Lipinski definition) is 2. The number of rotatable bonds is 15. The molecule has 1 unspecified atom stereocenters. The fourth-order valence-electron chi connectivity index (χ4n) is 11.1. The van der Waals surface area contributed by atoms with E-state index in [0.29, 0.717) is 10.8 Å². The highest BCUT2D eigenvalue weighted by molar-refractivity contribution is 5.38. The number of carbonyl (C=O) groups excluding carboxylic acids is 1. The van der Waals surface area contributed by atoms with Crippen molar-refractivity contribution in [3.8, 4) is 0 Å². The molecule has 2 nitrogen and oxygen atoms in total. The lowest BCUT2D eigenvalue weighted by atomic mass is 9.50. The summed E-state index contributed by atoms with van der Waals surface area (Å²) >= 11 is 0. The number of hydrogen-bond donors (Lipinski definition) is 0. The molecular weight excluding hydrogens is 488 g/mol. The smallest absolute Gasteiger partial charge is 0.293 e. The van der Waals surface area contributed by atoms with Gasteiger partial charge in [-0.3, -0.25) is 4.79 Å². The lowest BCUT2D eigenvalue weighted by molar-refractivity contribution is -0.152. The largest absolute Gasteiger partial charge is 0.461 e. The molecule has 0 radical (unpaired) electrons. The molecule has 0 saturated heterocycles. The average molecular weight is 557 g/mol. The summed E-state index contributed by atoms with van der Waals surface area (Å²) in [5, 5.41) is 0. The van der Waals surface area contributed by atoms with E-state index in [2.05, 4.69) is 20.8 Å². The predicted molar refractivity (Wildman–Crippen MR) is 170 cm³/mol. The molecule has 4 rings (SSSR count). The molecule has 0 aromatic carbocycles. The molecule has 0 N–H and O–H groups in total. The summed E-state index contributed by atoms with van der Waals surface area (Å²) < 4.78 is 5.92. The molecule has 0 aliphatic heterocycles. The second-order valence-corrected chi connectivity index (χ2v) is 15.7. The molecule has 4 saturated carbocycles. The van der Waals surface area contributed by atoms with Crippen molar-refractivity contribution in [2.75, 3.05) is 0 Å². The van der Waals surface area contributed by atoms with E-state index in [-0.39, 0.29) is 5.60 Å². The van der Waals surface area contributed by atoms with E-state index in [1.165, 1.54) is 154 Å². The van der Waals surface area contributed by atoms with Crippen LogP contribution >= 0.6 is 0 Å². The third-order valence-corrected chi connectivity index (χ3v) is 13.5. The van der Waals surface area contributed by atoms with Gasteiger partial charge < -0.3 is 4.74 Å². The minimum absolute atomic E-state index is 0.160. The maximum atomic E-state index is 11.5.